The second-order valence-electron chi connectivity index (χ2n) is 5.96. The van der Waals surface area contributed by atoms with Crippen LogP contribution in [0.3, 0.4) is 0 Å². The summed E-state index contributed by atoms with van der Waals surface area (Å²) in [7, 11) is 0. The summed E-state index contributed by atoms with van der Waals surface area (Å²) in [5, 5.41) is 3.25. The molecule has 3 rings (SSSR count). The number of ether oxygens (including phenoxy) is 1. The molecule has 0 aliphatic carbocycles. The maximum Gasteiger partial charge on any atom is 0.187 e. The summed E-state index contributed by atoms with van der Waals surface area (Å²) in [6, 6.07) is 25.7. The molecule has 0 heterocycles. The fourth-order valence-electron chi connectivity index (χ4n) is 2.52. The molecule has 0 atom stereocenters. The van der Waals surface area contributed by atoms with Gasteiger partial charge in [0, 0.05) is 64.4 Å². The van der Waals surface area contributed by atoms with Crippen LogP contribution in [0.5, 0.6) is 11.5 Å². The normalized spacial score (nSPS) is 10.7. The van der Waals surface area contributed by atoms with Gasteiger partial charge in [0.15, 0.2) is 5.78 Å². The van der Waals surface area contributed by atoms with E-state index in [1.165, 1.54) is 0 Å². The predicted molar refractivity (Wildman–Crippen MR) is 105 cm³/mol. The Balaban J connectivity index is 0.00000261. The van der Waals surface area contributed by atoms with Crippen LogP contribution < -0.4 is 10.1 Å². The third-order valence-corrected chi connectivity index (χ3v) is 3.85. The molecule has 0 bridgehead atoms. The van der Waals surface area contributed by atoms with E-state index >= 15 is 0 Å². The molecule has 133 valence electrons. The van der Waals surface area contributed by atoms with E-state index in [9.17, 15) is 4.79 Å². The van der Waals surface area contributed by atoms with Gasteiger partial charge in [-0.1, -0.05) is 49.4 Å². The molecule has 3 aromatic carbocycles. The van der Waals surface area contributed by atoms with Gasteiger partial charge in [-0.15, -0.1) is 11.6 Å². The fourth-order valence-corrected chi connectivity index (χ4v) is 2.52. The van der Waals surface area contributed by atoms with Crippen molar-refractivity contribution in [2.24, 2.45) is 0 Å². The maximum atomic E-state index is 12.3. The summed E-state index contributed by atoms with van der Waals surface area (Å²) in [6.45, 7) is 3.84. The van der Waals surface area contributed by atoms with E-state index in [1.807, 2.05) is 74.5 Å². The number of para-hydroxylation sites is 3. The SMILES string of the molecule is C/C(=C/C(=O)c1ccccc1)Nc1ccccc1Oc1[c-]cccc1C.[Pr]. The van der Waals surface area contributed by atoms with Crippen LogP contribution in [0.15, 0.2) is 84.6 Å². The molecule has 0 spiro atoms. The van der Waals surface area contributed by atoms with Crippen LogP contribution in [0.1, 0.15) is 22.8 Å². The minimum atomic E-state index is -0.0405. The first kappa shape index (κ1) is 21.3. The van der Waals surface area contributed by atoms with Gasteiger partial charge in [0.2, 0.25) is 0 Å². The van der Waals surface area contributed by atoms with Crippen molar-refractivity contribution in [3.63, 3.8) is 0 Å². The first-order chi connectivity index (χ1) is 12.6. The molecule has 1 N–H and O–H groups in total. The summed E-state index contributed by atoms with van der Waals surface area (Å²) in [5.41, 5.74) is 3.20. The van der Waals surface area contributed by atoms with Crippen molar-refractivity contribution in [3.05, 3.63) is 102 Å². The Morgan fingerprint density at radius 2 is 1.70 bits per heavy atom. The van der Waals surface area contributed by atoms with Gasteiger partial charge >= 0.3 is 0 Å². The summed E-state index contributed by atoms with van der Waals surface area (Å²) in [6.07, 6.45) is 1.59. The predicted octanol–water partition coefficient (Wildman–Crippen LogP) is 5.79. The van der Waals surface area contributed by atoms with Crippen LogP contribution in [0.2, 0.25) is 0 Å². The smallest absolute Gasteiger partial charge is 0.187 e. The van der Waals surface area contributed by atoms with E-state index in [2.05, 4.69) is 11.4 Å². The topological polar surface area (TPSA) is 38.3 Å². The van der Waals surface area contributed by atoms with Crippen LogP contribution in [-0.4, -0.2) is 5.78 Å². The van der Waals surface area contributed by atoms with Crippen molar-refractivity contribution >= 4 is 11.5 Å². The van der Waals surface area contributed by atoms with E-state index in [0.29, 0.717) is 17.1 Å². The summed E-state index contributed by atoms with van der Waals surface area (Å²) in [5.74, 6) is 1.32. The fraction of sp³-hybridized carbons (Fsp3) is 0.0870. The monoisotopic (exact) mass is 483 g/mol. The molecule has 0 unspecified atom stereocenters. The molecule has 3 nitrogen and oxygen atoms in total. The molecule has 4 heteroatoms. The van der Waals surface area contributed by atoms with Gasteiger partial charge in [-0.25, -0.2) is 0 Å². The molecule has 3 aromatic rings. The van der Waals surface area contributed by atoms with Gasteiger partial charge in [-0.3, -0.25) is 4.79 Å². The largest absolute Gasteiger partial charge is 0.481 e. The number of rotatable bonds is 6. The van der Waals surface area contributed by atoms with Crippen LogP contribution >= 0.6 is 0 Å². The maximum absolute atomic E-state index is 12.3. The Bertz CT molecular complexity index is 936. The van der Waals surface area contributed by atoms with E-state index in [0.717, 1.165) is 16.9 Å². The van der Waals surface area contributed by atoms with Gasteiger partial charge in [-0.05, 0) is 19.1 Å². The minimum absolute atomic E-state index is 0. The number of carbonyl (C=O) groups is 1. The number of nitrogens with one attached hydrogen (secondary N) is 1. The first-order valence-corrected chi connectivity index (χ1v) is 8.42. The number of hydrogen-bond donors (Lipinski definition) is 1. The number of aryl methyl sites for hydroxylation is 1. The Labute approximate surface area is 193 Å². The van der Waals surface area contributed by atoms with E-state index in [1.54, 1.807) is 18.2 Å². The molecule has 0 fully saturated rings. The summed E-state index contributed by atoms with van der Waals surface area (Å²) in [4.78, 5) is 12.3. The molecule has 0 aliphatic rings. The number of allylic oxidation sites excluding steroid dienone is 2. The average molecular weight is 483 g/mol. The number of hydrogen-bond acceptors (Lipinski definition) is 3. The van der Waals surface area contributed by atoms with Gasteiger partial charge in [-0.2, -0.15) is 18.2 Å². The molecule has 0 saturated heterocycles. The van der Waals surface area contributed by atoms with Gasteiger partial charge in [0.25, 0.3) is 0 Å². The molecule has 0 amide bonds. The van der Waals surface area contributed by atoms with Crippen molar-refractivity contribution in [1.29, 1.82) is 0 Å². The van der Waals surface area contributed by atoms with Gasteiger partial charge < -0.3 is 10.1 Å². The number of benzene rings is 3. The van der Waals surface area contributed by atoms with Crippen LogP contribution in [-0.2, 0) is 0 Å². The Morgan fingerprint density at radius 1 is 1.00 bits per heavy atom. The van der Waals surface area contributed by atoms with Crippen molar-refractivity contribution < 1.29 is 50.8 Å². The van der Waals surface area contributed by atoms with Crippen molar-refractivity contribution in [2.75, 3.05) is 5.32 Å². The Hall–Kier alpha value is -1.97. The third-order valence-electron chi connectivity index (χ3n) is 3.85. The summed E-state index contributed by atoms with van der Waals surface area (Å²) < 4.78 is 6.00. The minimum Gasteiger partial charge on any atom is -0.481 e. The quantitative estimate of drug-likeness (QED) is 0.274. The number of anilines is 1. The average Bonchev–Trinajstić information content (AvgIpc) is 2.66. The van der Waals surface area contributed by atoms with E-state index < -0.39 is 0 Å². The van der Waals surface area contributed by atoms with Crippen molar-refractivity contribution in [3.8, 4) is 11.5 Å². The zero-order valence-electron chi connectivity index (χ0n) is 15.4. The number of carbonyl (C=O) groups excluding carboxylic acids is 1. The number of ketones is 1. The van der Waals surface area contributed by atoms with E-state index in [4.69, 9.17) is 4.74 Å². The van der Waals surface area contributed by atoms with Gasteiger partial charge in [0.1, 0.15) is 5.75 Å². The molecule has 0 saturated carbocycles. The Kier molecular flexibility index (Phi) is 8.21. The van der Waals surface area contributed by atoms with E-state index in [-0.39, 0.29) is 47.1 Å². The molecular weight excluding hydrogens is 463 g/mol. The molecule has 27 heavy (non-hydrogen) atoms. The van der Waals surface area contributed by atoms with Crippen LogP contribution in [0.25, 0.3) is 0 Å². The van der Waals surface area contributed by atoms with Crippen molar-refractivity contribution in [1.82, 2.24) is 0 Å². The molecular formula is C23H20NO2Pr-. The third kappa shape index (κ3) is 6.02. The standard InChI is InChI=1S/C23H20NO2.Pr/c1-17-10-6-8-14-22(17)26-23-15-9-7-13-20(23)24-18(2)16-21(25)19-11-4-3-5-12-19;/h3-13,15-16,24H,1-2H3;/q-1;/b18-16-;. The molecule has 0 aliphatic heterocycles. The molecule has 1 radical (unpaired) electrons. The first-order valence-electron chi connectivity index (χ1n) is 8.42. The zero-order chi connectivity index (χ0) is 18.4. The Morgan fingerprint density at radius 3 is 2.44 bits per heavy atom. The van der Waals surface area contributed by atoms with Crippen molar-refractivity contribution in [2.45, 2.75) is 13.8 Å². The molecule has 0 aromatic heterocycles. The zero-order valence-corrected chi connectivity index (χ0v) is 19.1. The van der Waals surface area contributed by atoms with Crippen LogP contribution in [0.4, 0.5) is 5.69 Å². The van der Waals surface area contributed by atoms with Crippen LogP contribution in [0, 0.1) is 54.3 Å². The second kappa shape index (κ2) is 10.4. The summed E-state index contributed by atoms with van der Waals surface area (Å²) >= 11 is 0. The second-order valence-corrected chi connectivity index (χ2v) is 5.96. The van der Waals surface area contributed by atoms with Gasteiger partial charge in [0.05, 0.1) is 5.69 Å².